The number of hydrogen-bond donors (Lipinski definition) is 1. The quantitative estimate of drug-likeness (QED) is 0.753. The molecule has 0 aromatic heterocycles. The first-order valence-corrected chi connectivity index (χ1v) is 5.02. The number of benzene rings is 1. The Labute approximate surface area is 87.2 Å². The molecule has 0 saturated carbocycles. The maximum Gasteiger partial charge on any atom is 0.407 e. The molecule has 0 aliphatic carbocycles. The van der Waals surface area contributed by atoms with E-state index in [1.54, 1.807) is 0 Å². The minimum absolute atomic E-state index is 0.0107. The topological polar surface area (TPSA) is 47.6 Å². The fourth-order valence-corrected chi connectivity index (χ4v) is 1.99. The molecule has 0 bridgehead atoms. The van der Waals surface area contributed by atoms with Gasteiger partial charge in [-0.2, -0.15) is 0 Å². The van der Waals surface area contributed by atoms with E-state index in [9.17, 15) is 4.79 Å². The van der Waals surface area contributed by atoms with E-state index in [1.165, 1.54) is 5.56 Å². The maximum absolute atomic E-state index is 10.9. The summed E-state index contributed by atoms with van der Waals surface area (Å²) in [5.41, 5.74) is 2.30. The molecule has 1 fully saturated rings. The second-order valence-electron chi connectivity index (χ2n) is 3.76. The van der Waals surface area contributed by atoms with E-state index in [0.29, 0.717) is 6.61 Å². The van der Waals surface area contributed by atoms with Crippen molar-refractivity contribution in [2.24, 2.45) is 0 Å². The first kappa shape index (κ1) is 8.59. The lowest BCUT2D eigenvalue weighted by Gasteiger charge is -2.08. The van der Waals surface area contributed by atoms with Crippen LogP contribution in [0.4, 0.5) is 4.79 Å². The SMILES string of the molecule is O=C1N[C@H](c2ccc3c(c2)CCO3)CO1. The lowest BCUT2D eigenvalue weighted by atomic mass is 10.0. The Hall–Kier alpha value is -1.71. The van der Waals surface area contributed by atoms with Crippen molar-refractivity contribution in [3.8, 4) is 5.75 Å². The molecule has 78 valence electrons. The summed E-state index contributed by atoms with van der Waals surface area (Å²) in [5, 5.41) is 2.76. The number of alkyl carbamates (subject to hydrolysis) is 1. The van der Waals surface area contributed by atoms with Gasteiger partial charge in [-0.15, -0.1) is 0 Å². The van der Waals surface area contributed by atoms with Crippen LogP contribution in [-0.4, -0.2) is 19.3 Å². The Morgan fingerprint density at radius 2 is 2.27 bits per heavy atom. The third-order valence-electron chi connectivity index (χ3n) is 2.79. The summed E-state index contributed by atoms with van der Waals surface area (Å²) in [6, 6.07) is 6.01. The van der Waals surface area contributed by atoms with Crippen LogP contribution in [0.15, 0.2) is 18.2 Å². The molecule has 1 saturated heterocycles. The van der Waals surface area contributed by atoms with Gasteiger partial charge in [0.15, 0.2) is 0 Å². The Morgan fingerprint density at radius 1 is 1.33 bits per heavy atom. The molecule has 4 nitrogen and oxygen atoms in total. The Bertz CT molecular complexity index is 416. The summed E-state index contributed by atoms with van der Waals surface area (Å²) in [4.78, 5) is 10.9. The molecule has 2 aliphatic heterocycles. The highest BCUT2D eigenvalue weighted by Gasteiger charge is 2.25. The Balaban J connectivity index is 1.89. The summed E-state index contributed by atoms with van der Waals surface area (Å²) in [5.74, 6) is 0.962. The van der Waals surface area contributed by atoms with Crippen molar-refractivity contribution in [3.05, 3.63) is 29.3 Å². The molecule has 2 heterocycles. The largest absolute Gasteiger partial charge is 0.493 e. The van der Waals surface area contributed by atoms with Crippen molar-refractivity contribution in [3.63, 3.8) is 0 Å². The van der Waals surface area contributed by atoms with Crippen LogP contribution in [0, 0.1) is 0 Å². The molecule has 2 aliphatic rings. The molecule has 1 amide bonds. The zero-order valence-corrected chi connectivity index (χ0v) is 8.16. The smallest absolute Gasteiger partial charge is 0.407 e. The summed E-state index contributed by atoms with van der Waals surface area (Å²) < 4.78 is 10.3. The van der Waals surface area contributed by atoms with Crippen molar-refractivity contribution >= 4 is 6.09 Å². The van der Waals surface area contributed by atoms with Gasteiger partial charge in [0.25, 0.3) is 0 Å². The van der Waals surface area contributed by atoms with E-state index in [2.05, 4.69) is 11.4 Å². The zero-order chi connectivity index (χ0) is 10.3. The van der Waals surface area contributed by atoms with Gasteiger partial charge in [0.05, 0.1) is 12.6 Å². The van der Waals surface area contributed by atoms with Crippen molar-refractivity contribution in [1.82, 2.24) is 5.32 Å². The van der Waals surface area contributed by atoms with Gasteiger partial charge in [0, 0.05) is 6.42 Å². The van der Waals surface area contributed by atoms with E-state index < -0.39 is 0 Å². The molecule has 0 spiro atoms. The van der Waals surface area contributed by atoms with Gasteiger partial charge in [0.1, 0.15) is 12.4 Å². The first-order chi connectivity index (χ1) is 7.33. The lowest BCUT2D eigenvalue weighted by Crippen LogP contribution is -2.18. The predicted octanol–water partition coefficient (Wildman–Crippen LogP) is 1.40. The average Bonchev–Trinajstić information content (AvgIpc) is 2.84. The van der Waals surface area contributed by atoms with Crippen molar-refractivity contribution in [1.29, 1.82) is 0 Å². The van der Waals surface area contributed by atoms with Crippen LogP contribution >= 0.6 is 0 Å². The fourth-order valence-electron chi connectivity index (χ4n) is 1.99. The van der Waals surface area contributed by atoms with Crippen molar-refractivity contribution < 1.29 is 14.3 Å². The normalized spacial score (nSPS) is 22.9. The first-order valence-electron chi connectivity index (χ1n) is 5.02. The number of hydrogen-bond acceptors (Lipinski definition) is 3. The summed E-state index contributed by atoms with van der Waals surface area (Å²) in [6.07, 6.45) is 0.613. The number of ether oxygens (including phenoxy) is 2. The van der Waals surface area contributed by atoms with Crippen molar-refractivity contribution in [2.75, 3.05) is 13.2 Å². The molecule has 1 atom stereocenters. The van der Waals surface area contributed by atoms with Crippen LogP contribution in [0.5, 0.6) is 5.75 Å². The van der Waals surface area contributed by atoms with E-state index in [1.807, 2.05) is 12.1 Å². The van der Waals surface area contributed by atoms with Gasteiger partial charge >= 0.3 is 6.09 Å². The van der Waals surface area contributed by atoms with Gasteiger partial charge in [0.2, 0.25) is 0 Å². The number of rotatable bonds is 1. The molecule has 1 N–H and O–H groups in total. The second kappa shape index (κ2) is 3.15. The molecule has 3 rings (SSSR count). The third-order valence-corrected chi connectivity index (χ3v) is 2.79. The molecule has 0 radical (unpaired) electrons. The fraction of sp³-hybridized carbons (Fsp3) is 0.364. The summed E-state index contributed by atoms with van der Waals surface area (Å²) >= 11 is 0. The van der Waals surface area contributed by atoms with Crippen LogP contribution in [0.25, 0.3) is 0 Å². The van der Waals surface area contributed by atoms with Crippen LogP contribution in [0.2, 0.25) is 0 Å². The average molecular weight is 205 g/mol. The molecule has 0 unspecified atom stereocenters. The van der Waals surface area contributed by atoms with E-state index >= 15 is 0 Å². The molecule has 15 heavy (non-hydrogen) atoms. The number of carbonyl (C=O) groups is 1. The van der Waals surface area contributed by atoms with E-state index in [-0.39, 0.29) is 12.1 Å². The zero-order valence-electron chi connectivity index (χ0n) is 8.16. The van der Waals surface area contributed by atoms with E-state index in [0.717, 1.165) is 24.3 Å². The molecule has 4 heteroatoms. The van der Waals surface area contributed by atoms with Crippen LogP contribution in [-0.2, 0) is 11.2 Å². The van der Waals surface area contributed by atoms with Crippen LogP contribution in [0.1, 0.15) is 17.2 Å². The van der Waals surface area contributed by atoms with Crippen LogP contribution in [0.3, 0.4) is 0 Å². The predicted molar refractivity (Wildman–Crippen MR) is 52.9 cm³/mol. The Kier molecular flexibility index (Phi) is 1.80. The van der Waals surface area contributed by atoms with Gasteiger partial charge in [-0.25, -0.2) is 4.79 Å². The minimum Gasteiger partial charge on any atom is -0.493 e. The number of carbonyl (C=O) groups excluding carboxylic acids is 1. The highest BCUT2D eigenvalue weighted by Crippen LogP contribution is 2.29. The number of fused-ring (bicyclic) bond motifs is 1. The number of amides is 1. The monoisotopic (exact) mass is 205 g/mol. The standard InChI is InChI=1S/C11H11NO3/c13-11-12-9(6-15-11)7-1-2-10-8(5-7)3-4-14-10/h1-2,5,9H,3-4,6H2,(H,12,13)/t9-/m0/s1. The van der Waals surface area contributed by atoms with Crippen molar-refractivity contribution in [2.45, 2.75) is 12.5 Å². The van der Waals surface area contributed by atoms with Gasteiger partial charge in [-0.3, -0.25) is 0 Å². The summed E-state index contributed by atoms with van der Waals surface area (Å²) in [7, 11) is 0. The molecule has 1 aromatic rings. The minimum atomic E-state index is -0.336. The highest BCUT2D eigenvalue weighted by molar-refractivity contribution is 5.70. The molecule has 1 aromatic carbocycles. The third kappa shape index (κ3) is 1.42. The number of nitrogens with one attached hydrogen (secondary N) is 1. The highest BCUT2D eigenvalue weighted by atomic mass is 16.6. The molecular formula is C11H11NO3. The second-order valence-corrected chi connectivity index (χ2v) is 3.76. The van der Waals surface area contributed by atoms with Gasteiger partial charge in [-0.1, -0.05) is 6.07 Å². The van der Waals surface area contributed by atoms with Gasteiger partial charge in [-0.05, 0) is 23.3 Å². The van der Waals surface area contributed by atoms with Gasteiger partial charge < -0.3 is 14.8 Å². The lowest BCUT2D eigenvalue weighted by molar-refractivity contribution is 0.177. The Morgan fingerprint density at radius 3 is 3.07 bits per heavy atom. The molecular weight excluding hydrogens is 194 g/mol. The van der Waals surface area contributed by atoms with E-state index in [4.69, 9.17) is 9.47 Å². The number of cyclic esters (lactones) is 1. The van der Waals surface area contributed by atoms with Crippen LogP contribution < -0.4 is 10.1 Å². The summed E-state index contributed by atoms with van der Waals surface area (Å²) in [6.45, 7) is 1.17. The maximum atomic E-state index is 10.9.